The highest BCUT2D eigenvalue weighted by molar-refractivity contribution is 5.87. The Kier molecular flexibility index (Phi) is 4.43. The van der Waals surface area contributed by atoms with Crippen LogP contribution < -0.4 is 11.1 Å². The van der Waals surface area contributed by atoms with E-state index in [0.717, 1.165) is 11.9 Å². The van der Waals surface area contributed by atoms with Crippen molar-refractivity contribution in [1.82, 2.24) is 14.4 Å². The van der Waals surface area contributed by atoms with Gasteiger partial charge in [-0.1, -0.05) is 0 Å². The molecule has 4 rings (SSSR count). The fourth-order valence-corrected chi connectivity index (χ4v) is 3.11. The zero-order valence-electron chi connectivity index (χ0n) is 14.9. The lowest BCUT2D eigenvalue weighted by atomic mass is 10.1. The summed E-state index contributed by atoms with van der Waals surface area (Å²) in [5, 5.41) is 32.1. The minimum atomic E-state index is -0.218. The van der Waals surface area contributed by atoms with Gasteiger partial charge in [0.05, 0.1) is 34.6 Å². The number of nitrogens with two attached hydrogens (primary N) is 1. The number of aromatic hydroxyl groups is 2. The van der Waals surface area contributed by atoms with Crippen molar-refractivity contribution in [3.8, 4) is 28.8 Å². The van der Waals surface area contributed by atoms with Crippen molar-refractivity contribution in [2.24, 2.45) is 5.73 Å². The molecule has 28 heavy (non-hydrogen) atoms. The summed E-state index contributed by atoms with van der Waals surface area (Å²) in [6.07, 6.45) is 2.47. The molecule has 0 aliphatic heterocycles. The Morgan fingerprint density at radius 2 is 2.00 bits per heavy atom. The summed E-state index contributed by atoms with van der Waals surface area (Å²) in [6, 6.07) is 12.0. The molecule has 2 aromatic heterocycles. The van der Waals surface area contributed by atoms with E-state index in [4.69, 9.17) is 5.73 Å². The number of hydrogen-bond acceptors (Lipinski definition) is 7. The molecule has 0 saturated heterocycles. The van der Waals surface area contributed by atoms with Crippen LogP contribution in [0.25, 0.3) is 27.9 Å². The summed E-state index contributed by atoms with van der Waals surface area (Å²) in [7, 11) is 0. The molecule has 8 nitrogen and oxygen atoms in total. The monoisotopic (exact) mass is 374 g/mol. The van der Waals surface area contributed by atoms with Gasteiger partial charge in [-0.05, 0) is 49.4 Å². The standard InChI is InChI=1S/C20H18N6O2/c21-6-1-7-23-19-20-24-11-16(13-3-5-17(27)18(28)9-13)26(20)15-8-12(10-22)2-4-14(15)25-19/h2-5,8-9,11,27-28H,1,6-7,21H2,(H,23,25). The van der Waals surface area contributed by atoms with E-state index in [1.165, 1.54) is 12.1 Å². The molecule has 0 amide bonds. The number of phenols is 2. The molecule has 140 valence electrons. The third kappa shape index (κ3) is 2.94. The first-order valence-corrected chi connectivity index (χ1v) is 8.80. The predicted octanol–water partition coefficient (Wildman–Crippen LogP) is 2.59. The topological polar surface area (TPSA) is 132 Å². The molecule has 0 radical (unpaired) electrons. The molecule has 0 saturated carbocycles. The maximum atomic E-state index is 9.91. The van der Waals surface area contributed by atoms with E-state index in [-0.39, 0.29) is 11.5 Å². The Bertz CT molecular complexity index is 1230. The van der Waals surface area contributed by atoms with Crippen LogP contribution in [0.3, 0.4) is 0 Å². The van der Waals surface area contributed by atoms with Crippen LogP contribution in [0.15, 0.2) is 42.6 Å². The van der Waals surface area contributed by atoms with Gasteiger partial charge in [-0.15, -0.1) is 0 Å². The Balaban J connectivity index is 2.00. The smallest absolute Gasteiger partial charge is 0.181 e. The lowest BCUT2D eigenvalue weighted by molar-refractivity contribution is 0.404. The summed E-state index contributed by atoms with van der Waals surface area (Å²) in [4.78, 5) is 9.17. The largest absolute Gasteiger partial charge is 0.504 e. The molecule has 0 bridgehead atoms. The molecular weight excluding hydrogens is 356 g/mol. The molecule has 8 heteroatoms. The quantitative estimate of drug-likeness (QED) is 0.312. The highest BCUT2D eigenvalue weighted by Gasteiger charge is 2.16. The Hall–Kier alpha value is -3.83. The van der Waals surface area contributed by atoms with Gasteiger partial charge in [0.1, 0.15) is 0 Å². The van der Waals surface area contributed by atoms with Crippen molar-refractivity contribution in [2.75, 3.05) is 18.4 Å². The van der Waals surface area contributed by atoms with E-state index in [1.54, 1.807) is 30.5 Å². The summed E-state index contributed by atoms with van der Waals surface area (Å²) >= 11 is 0. The van der Waals surface area contributed by atoms with E-state index < -0.39 is 0 Å². The first-order chi connectivity index (χ1) is 13.6. The van der Waals surface area contributed by atoms with Crippen molar-refractivity contribution < 1.29 is 10.2 Å². The first-order valence-electron chi connectivity index (χ1n) is 8.80. The van der Waals surface area contributed by atoms with Gasteiger partial charge in [0.2, 0.25) is 0 Å². The maximum Gasteiger partial charge on any atom is 0.181 e. The second kappa shape index (κ2) is 7.06. The minimum Gasteiger partial charge on any atom is -0.504 e. The molecule has 0 aliphatic rings. The van der Waals surface area contributed by atoms with Crippen molar-refractivity contribution in [1.29, 1.82) is 5.26 Å². The SMILES string of the molecule is N#Cc1ccc2nc(NCCCN)c3ncc(-c4ccc(O)c(O)c4)n3c2c1. The van der Waals surface area contributed by atoms with Crippen LogP contribution in [0.1, 0.15) is 12.0 Å². The van der Waals surface area contributed by atoms with Crippen molar-refractivity contribution in [3.63, 3.8) is 0 Å². The van der Waals surface area contributed by atoms with Gasteiger partial charge in [-0.3, -0.25) is 4.40 Å². The fourth-order valence-electron chi connectivity index (χ4n) is 3.11. The van der Waals surface area contributed by atoms with Gasteiger partial charge < -0.3 is 21.3 Å². The summed E-state index contributed by atoms with van der Waals surface area (Å²) in [6.45, 7) is 1.22. The fraction of sp³-hybridized carbons (Fsp3) is 0.150. The van der Waals surface area contributed by atoms with Crippen LogP contribution in [0, 0.1) is 11.3 Å². The molecular formula is C20H18N6O2. The van der Waals surface area contributed by atoms with Crippen molar-refractivity contribution in [2.45, 2.75) is 6.42 Å². The Morgan fingerprint density at radius 1 is 1.14 bits per heavy atom. The molecule has 2 heterocycles. The van der Waals surface area contributed by atoms with Gasteiger partial charge in [0.25, 0.3) is 0 Å². The van der Waals surface area contributed by atoms with E-state index >= 15 is 0 Å². The number of nitriles is 1. The average molecular weight is 374 g/mol. The van der Waals surface area contributed by atoms with Crippen LogP contribution in [-0.2, 0) is 0 Å². The summed E-state index contributed by atoms with van der Waals surface area (Å²) in [5.74, 6) is 0.199. The lowest BCUT2D eigenvalue weighted by Gasteiger charge is -2.12. The third-order valence-corrected chi connectivity index (χ3v) is 4.50. The van der Waals surface area contributed by atoms with Gasteiger partial charge in [-0.25, -0.2) is 9.97 Å². The van der Waals surface area contributed by atoms with Gasteiger partial charge >= 0.3 is 0 Å². The van der Waals surface area contributed by atoms with Crippen LogP contribution in [-0.4, -0.2) is 37.7 Å². The summed E-state index contributed by atoms with van der Waals surface area (Å²) < 4.78 is 1.89. The molecule has 5 N–H and O–H groups in total. The molecule has 2 aromatic carbocycles. The number of imidazole rings is 1. The average Bonchev–Trinajstić information content (AvgIpc) is 3.15. The number of fused-ring (bicyclic) bond motifs is 3. The molecule has 0 aliphatic carbocycles. The van der Waals surface area contributed by atoms with Crippen LogP contribution in [0.2, 0.25) is 0 Å². The van der Waals surface area contributed by atoms with Crippen LogP contribution >= 0.6 is 0 Å². The van der Waals surface area contributed by atoms with E-state index in [0.29, 0.717) is 46.9 Å². The second-order valence-corrected chi connectivity index (χ2v) is 6.35. The molecule has 0 fully saturated rings. The highest BCUT2D eigenvalue weighted by Crippen LogP contribution is 2.33. The molecule has 0 unspecified atom stereocenters. The van der Waals surface area contributed by atoms with E-state index in [1.807, 2.05) is 4.40 Å². The maximum absolute atomic E-state index is 9.91. The highest BCUT2D eigenvalue weighted by atomic mass is 16.3. The molecule has 0 spiro atoms. The van der Waals surface area contributed by atoms with Gasteiger partial charge in [0, 0.05) is 12.1 Å². The Labute approximate surface area is 160 Å². The van der Waals surface area contributed by atoms with E-state index in [2.05, 4.69) is 21.4 Å². The molecule has 4 aromatic rings. The van der Waals surface area contributed by atoms with Crippen LogP contribution in [0.5, 0.6) is 11.5 Å². The van der Waals surface area contributed by atoms with E-state index in [9.17, 15) is 15.5 Å². The minimum absolute atomic E-state index is 0.194. The predicted molar refractivity (Wildman–Crippen MR) is 106 cm³/mol. The number of hydrogen-bond donors (Lipinski definition) is 4. The first kappa shape index (κ1) is 17.6. The zero-order chi connectivity index (χ0) is 19.7. The number of phenolic OH excluding ortho intramolecular Hbond substituents is 2. The zero-order valence-corrected chi connectivity index (χ0v) is 14.9. The van der Waals surface area contributed by atoms with Crippen molar-refractivity contribution in [3.05, 3.63) is 48.2 Å². The van der Waals surface area contributed by atoms with Crippen LogP contribution in [0.4, 0.5) is 5.82 Å². The molecule has 0 atom stereocenters. The second-order valence-electron chi connectivity index (χ2n) is 6.35. The lowest BCUT2D eigenvalue weighted by Crippen LogP contribution is -2.11. The van der Waals surface area contributed by atoms with Gasteiger partial charge in [0.15, 0.2) is 23.0 Å². The van der Waals surface area contributed by atoms with Gasteiger partial charge in [-0.2, -0.15) is 5.26 Å². The number of rotatable bonds is 5. The summed E-state index contributed by atoms with van der Waals surface area (Å²) in [5.41, 5.74) is 9.48. The number of nitrogens with one attached hydrogen (secondary N) is 1. The number of nitrogens with zero attached hydrogens (tertiary/aromatic N) is 4. The Morgan fingerprint density at radius 3 is 2.75 bits per heavy atom. The van der Waals surface area contributed by atoms with Crippen molar-refractivity contribution >= 4 is 22.5 Å². The normalized spacial score (nSPS) is 11.0. The number of anilines is 1. The third-order valence-electron chi connectivity index (χ3n) is 4.50. The number of benzene rings is 2. The number of aromatic nitrogens is 3.